The van der Waals surface area contributed by atoms with Crippen LogP contribution in [0, 0.1) is 6.92 Å². The lowest BCUT2D eigenvalue weighted by atomic mass is 10.1. The molecule has 6 heteroatoms. The van der Waals surface area contributed by atoms with Gasteiger partial charge in [0.25, 0.3) is 0 Å². The van der Waals surface area contributed by atoms with E-state index in [1.807, 2.05) is 38.1 Å². The van der Waals surface area contributed by atoms with Gasteiger partial charge < -0.3 is 15.5 Å². The molecule has 1 unspecified atom stereocenters. The van der Waals surface area contributed by atoms with Crippen LogP contribution in [-0.2, 0) is 11.2 Å². The van der Waals surface area contributed by atoms with Gasteiger partial charge in [-0.25, -0.2) is 4.98 Å². The first-order valence-corrected chi connectivity index (χ1v) is 7.65. The number of halogens is 1. The zero-order valence-electron chi connectivity index (χ0n) is 13.5. The van der Waals surface area contributed by atoms with Crippen LogP contribution >= 0.6 is 12.4 Å². The minimum absolute atomic E-state index is 0. The summed E-state index contributed by atoms with van der Waals surface area (Å²) in [5.41, 5.74) is 8.72. The van der Waals surface area contributed by atoms with E-state index < -0.39 is 6.04 Å². The molecule has 0 aliphatic carbocycles. The van der Waals surface area contributed by atoms with Gasteiger partial charge in [0.15, 0.2) is 0 Å². The number of oxazole rings is 1. The summed E-state index contributed by atoms with van der Waals surface area (Å²) in [7, 11) is 0. The molecule has 0 fully saturated rings. The Hall–Kier alpha value is -1.85. The van der Waals surface area contributed by atoms with Gasteiger partial charge in [0.1, 0.15) is 6.26 Å². The van der Waals surface area contributed by atoms with Gasteiger partial charge in [0.05, 0.1) is 11.7 Å². The van der Waals surface area contributed by atoms with E-state index in [-0.39, 0.29) is 18.3 Å². The maximum Gasteiger partial charge on any atom is 0.236 e. The SMILES string of the molecule is CCCC(N)C(=O)NCCc1coc(-c2ccc(C)cc2)n1.Cl. The van der Waals surface area contributed by atoms with Crippen molar-refractivity contribution >= 4 is 18.3 Å². The molecule has 0 radical (unpaired) electrons. The Morgan fingerprint density at radius 2 is 2.04 bits per heavy atom. The number of carbonyl (C=O) groups excluding carboxylic acids is 1. The second kappa shape index (κ2) is 9.33. The van der Waals surface area contributed by atoms with Gasteiger partial charge in [-0.1, -0.05) is 31.0 Å². The van der Waals surface area contributed by atoms with Gasteiger partial charge in [0.2, 0.25) is 11.8 Å². The Balaban J connectivity index is 0.00000264. The highest BCUT2D eigenvalue weighted by Crippen LogP contribution is 2.19. The summed E-state index contributed by atoms with van der Waals surface area (Å²) >= 11 is 0. The molecule has 1 heterocycles. The van der Waals surface area contributed by atoms with Crippen molar-refractivity contribution < 1.29 is 9.21 Å². The number of carbonyl (C=O) groups is 1. The summed E-state index contributed by atoms with van der Waals surface area (Å²) in [6, 6.07) is 7.58. The monoisotopic (exact) mass is 337 g/mol. The molecule has 0 aliphatic rings. The van der Waals surface area contributed by atoms with Crippen LogP contribution in [0.25, 0.3) is 11.5 Å². The standard InChI is InChI=1S/C17H23N3O2.ClH/c1-3-4-15(18)16(21)19-10-9-14-11-22-17(20-14)13-7-5-12(2)6-8-13;/h5-8,11,15H,3-4,9-10,18H2,1-2H3,(H,19,21);1H. The first-order chi connectivity index (χ1) is 10.6. The van der Waals surface area contributed by atoms with E-state index in [1.54, 1.807) is 6.26 Å². The average molecular weight is 338 g/mol. The number of rotatable bonds is 7. The number of amides is 1. The normalized spacial score (nSPS) is 11.6. The van der Waals surface area contributed by atoms with Crippen molar-refractivity contribution in [2.24, 2.45) is 5.73 Å². The molecule has 0 saturated heterocycles. The molecule has 5 nitrogen and oxygen atoms in total. The number of nitrogens with one attached hydrogen (secondary N) is 1. The largest absolute Gasteiger partial charge is 0.444 e. The third-order valence-electron chi connectivity index (χ3n) is 3.47. The number of hydrogen-bond acceptors (Lipinski definition) is 4. The zero-order chi connectivity index (χ0) is 15.9. The molecule has 2 rings (SSSR count). The van der Waals surface area contributed by atoms with Crippen LogP contribution in [0.4, 0.5) is 0 Å². The van der Waals surface area contributed by atoms with Gasteiger partial charge in [-0.05, 0) is 25.5 Å². The van der Waals surface area contributed by atoms with Gasteiger partial charge in [0, 0.05) is 18.5 Å². The van der Waals surface area contributed by atoms with E-state index in [0.717, 1.165) is 17.7 Å². The first kappa shape index (κ1) is 19.2. The molecule has 2 aromatic rings. The molecule has 23 heavy (non-hydrogen) atoms. The summed E-state index contributed by atoms with van der Waals surface area (Å²) < 4.78 is 5.49. The highest BCUT2D eigenvalue weighted by atomic mass is 35.5. The molecule has 0 spiro atoms. The van der Waals surface area contributed by atoms with Crippen molar-refractivity contribution in [3.8, 4) is 11.5 Å². The molecule has 1 aromatic heterocycles. The third-order valence-corrected chi connectivity index (χ3v) is 3.47. The molecular weight excluding hydrogens is 314 g/mol. The fourth-order valence-corrected chi connectivity index (χ4v) is 2.14. The average Bonchev–Trinajstić information content (AvgIpc) is 2.97. The molecule has 1 amide bonds. The lowest BCUT2D eigenvalue weighted by Gasteiger charge is -2.10. The van der Waals surface area contributed by atoms with Crippen molar-refractivity contribution in [3.63, 3.8) is 0 Å². The predicted molar refractivity (Wildman–Crippen MR) is 93.5 cm³/mol. The van der Waals surface area contributed by atoms with Crippen molar-refractivity contribution in [2.45, 2.75) is 39.2 Å². The fraction of sp³-hybridized carbons (Fsp3) is 0.412. The van der Waals surface area contributed by atoms with Crippen LogP contribution in [0.2, 0.25) is 0 Å². The maximum atomic E-state index is 11.7. The number of nitrogens with two attached hydrogens (primary N) is 1. The highest BCUT2D eigenvalue weighted by molar-refractivity contribution is 5.85. The van der Waals surface area contributed by atoms with Crippen LogP contribution in [-0.4, -0.2) is 23.5 Å². The maximum absolute atomic E-state index is 11.7. The summed E-state index contributed by atoms with van der Waals surface area (Å²) in [5, 5.41) is 2.83. The first-order valence-electron chi connectivity index (χ1n) is 7.65. The smallest absolute Gasteiger partial charge is 0.236 e. The number of benzene rings is 1. The minimum Gasteiger partial charge on any atom is -0.444 e. The number of aromatic nitrogens is 1. The fourth-order valence-electron chi connectivity index (χ4n) is 2.14. The van der Waals surface area contributed by atoms with Crippen LogP contribution in [0.1, 0.15) is 31.0 Å². The summed E-state index contributed by atoms with van der Waals surface area (Å²) in [5.74, 6) is 0.494. The van der Waals surface area contributed by atoms with E-state index >= 15 is 0 Å². The summed E-state index contributed by atoms with van der Waals surface area (Å²) in [6.07, 6.45) is 3.86. The second-order valence-corrected chi connectivity index (χ2v) is 5.45. The van der Waals surface area contributed by atoms with E-state index in [9.17, 15) is 4.79 Å². The van der Waals surface area contributed by atoms with Crippen LogP contribution in [0.15, 0.2) is 34.9 Å². The molecule has 1 aromatic carbocycles. The van der Waals surface area contributed by atoms with E-state index in [2.05, 4.69) is 10.3 Å². The van der Waals surface area contributed by atoms with E-state index in [0.29, 0.717) is 25.3 Å². The topological polar surface area (TPSA) is 81.2 Å². The minimum atomic E-state index is -0.426. The Kier molecular flexibility index (Phi) is 7.78. The van der Waals surface area contributed by atoms with Gasteiger partial charge in [-0.15, -0.1) is 12.4 Å². The molecule has 0 aliphatic heterocycles. The van der Waals surface area contributed by atoms with Gasteiger partial charge >= 0.3 is 0 Å². The van der Waals surface area contributed by atoms with Gasteiger partial charge in [-0.3, -0.25) is 4.79 Å². The lowest BCUT2D eigenvalue weighted by molar-refractivity contribution is -0.122. The molecule has 3 N–H and O–H groups in total. The number of nitrogens with zero attached hydrogens (tertiary/aromatic N) is 1. The van der Waals surface area contributed by atoms with Crippen LogP contribution < -0.4 is 11.1 Å². The van der Waals surface area contributed by atoms with Crippen molar-refractivity contribution in [1.29, 1.82) is 0 Å². The molecule has 126 valence electrons. The van der Waals surface area contributed by atoms with Crippen molar-refractivity contribution in [3.05, 3.63) is 41.8 Å². The molecular formula is C17H24ClN3O2. The van der Waals surface area contributed by atoms with Crippen LogP contribution in [0.3, 0.4) is 0 Å². The molecule has 0 saturated carbocycles. The third kappa shape index (κ3) is 5.69. The Morgan fingerprint density at radius 1 is 1.35 bits per heavy atom. The number of aryl methyl sites for hydroxylation is 1. The summed E-state index contributed by atoms with van der Waals surface area (Å²) in [4.78, 5) is 16.1. The van der Waals surface area contributed by atoms with E-state index in [4.69, 9.17) is 10.2 Å². The Labute approximate surface area is 143 Å². The summed E-state index contributed by atoms with van der Waals surface area (Å²) in [6.45, 7) is 4.56. The quantitative estimate of drug-likeness (QED) is 0.814. The second-order valence-electron chi connectivity index (χ2n) is 5.45. The molecule has 0 bridgehead atoms. The van der Waals surface area contributed by atoms with Gasteiger partial charge in [-0.2, -0.15) is 0 Å². The lowest BCUT2D eigenvalue weighted by Crippen LogP contribution is -2.41. The predicted octanol–water partition coefficient (Wildman–Crippen LogP) is 2.86. The molecule has 1 atom stereocenters. The van der Waals surface area contributed by atoms with E-state index in [1.165, 1.54) is 5.56 Å². The highest BCUT2D eigenvalue weighted by Gasteiger charge is 2.12. The Morgan fingerprint density at radius 3 is 2.70 bits per heavy atom. The van der Waals surface area contributed by atoms with Crippen molar-refractivity contribution in [1.82, 2.24) is 10.3 Å². The Bertz CT molecular complexity index is 611. The van der Waals surface area contributed by atoms with Crippen LogP contribution in [0.5, 0.6) is 0 Å². The zero-order valence-corrected chi connectivity index (χ0v) is 14.4. The van der Waals surface area contributed by atoms with Crippen molar-refractivity contribution in [2.75, 3.05) is 6.54 Å². The number of hydrogen-bond donors (Lipinski definition) is 2.